The van der Waals surface area contributed by atoms with E-state index in [9.17, 15) is 19.5 Å². The van der Waals surface area contributed by atoms with E-state index in [4.69, 9.17) is 4.74 Å². The highest BCUT2D eigenvalue weighted by molar-refractivity contribution is 5.98. The molecule has 1 aliphatic heterocycles. The second-order valence-corrected chi connectivity index (χ2v) is 6.27. The number of aliphatic carboxylic acids is 1. The van der Waals surface area contributed by atoms with Gasteiger partial charge in [0.25, 0.3) is 0 Å². The molecular formula is C18H25NO5. The Labute approximate surface area is 142 Å². The average molecular weight is 335 g/mol. The van der Waals surface area contributed by atoms with E-state index in [1.165, 1.54) is 4.90 Å². The van der Waals surface area contributed by atoms with Gasteiger partial charge in [-0.25, -0.2) is 0 Å². The van der Waals surface area contributed by atoms with Crippen molar-refractivity contribution in [3.63, 3.8) is 0 Å². The van der Waals surface area contributed by atoms with Crippen molar-refractivity contribution in [2.45, 2.75) is 45.4 Å². The van der Waals surface area contributed by atoms with E-state index in [0.29, 0.717) is 12.1 Å². The maximum Gasteiger partial charge on any atom is 0.318 e. The Bertz CT molecular complexity index is 568. The number of carbonyl (C=O) groups is 3. The lowest BCUT2D eigenvalue weighted by Gasteiger charge is -2.33. The molecule has 1 saturated heterocycles. The van der Waals surface area contributed by atoms with Crippen molar-refractivity contribution in [1.29, 1.82) is 0 Å². The molecule has 1 aliphatic carbocycles. The molecule has 2 aliphatic rings. The van der Waals surface area contributed by atoms with Crippen molar-refractivity contribution < 1.29 is 24.2 Å². The van der Waals surface area contributed by atoms with Gasteiger partial charge >= 0.3 is 11.9 Å². The lowest BCUT2D eigenvalue weighted by atomic mass is 9.69. The minimum atomic E-state index is -1.19. The number of fused-ring (bicyclic) bond motifs is 1. The van der Waals surface area contributed by atoms with Crippen LogP contribution in [0.25, 0.3) is 0 Å². The van der Waals surface area contributed by atoms with Crippen LogP contribution in [-0.4, -0.2) is 41.0 Å². The van der Waals surface area contributed by atoms with Crippen LogP contribution in [-0.2, 0) is 19.1 Å². The third-order valence-electron chi connectivity index (χ3n) is 4.85. The molecule has 0 unspecified atom stereocenters. The number of hydrogen-bond donors (Lipinski definition) is 1. The minimum Gasteiger partial charge on any atom is -0.481 e. The Morgan fingerprint density at radius 1 is 1.46 bits per heavy atom. The van der Waals surface area contributed by atoms with Gasteiger partial charge in [-0.15, -0.1) is 6.58 Å². The third-order valence-corrected chi connectivity index (χ3v) is 4.85. The van der Waals surface area contributed by atoms with Crippen LogP contribution in [0.3, 0.4) is 0 Å². The molecule has 0 aromatic rings. The molecule has 1 N–H and O–H groups in total. The van der Waals surface area contributed by atoms with Crippen LogP contribution < -0.4 is 0 Å². The fraction of sp³-hybridized carbons (Fsp3) is 0.611. The molecule has 132 valence electrons. The van der Waals surface area contributed by atoms with Gasteiger partial charge in [0.15, 0.2) is 0 Å². The second-order valence-electron chi connectivity index (χ2n) is 6.27. The highest BCUT2D eigenvalue weighted by atomic mass is 16.5. The standard InChI is InChI=1S/C18H25NO5/c1-3-11-19-14-9-7-5-6-8-10-18(14,17(23)24-4-2)13(16(19)22)12-15(20)21/h3,9,13H,1,4-8,10-12H2,2H3,(H,20,21)/b14-9+/t13-,18-/m0/s1. The zero-order valence-corrected chi connectivity index (χ0v) is 14.1. The minimum absolute atomic E-state index is 0.198. The first-order valence-corrected chi connectivity index (χ1v) is 8.51. The Kier molecular flexibility index (Phi) is 5.80. The average Bonchev–Trinajstić information content (AvgIpc) is 2.70. The van der Waals surface area contributed by atoms with Crippen molar-refractivity contribution in [2.75, 3.05) is 13.2 Å². The summed E-state index contributed by atoms with van der Waals surface area (Å²) in [7, 11) is 0. The summed E-state index contributed by atoms with van der Waals surface area (Å²) < 4.78 is 5.29. The number of carboxylic acids is 1. The van der Waals surface area contributed by atoms with Crippen LogP contribution in [0.4, 0.5) is 0 Å². The normalized spacial score (nSPS) is 29.0. The first-order valence-electron chi connectivity index (χ1n) is 8.51. The van der Waals surface area contributed by atoms with E-state index < -0.39 is 23.3 Å². The van der Waals surface area contributed by atoms with E-state index >= 15 is 0 Å². The Morgan fingerprint density at radius 3 is 2.83 bits per heavy atom. The first kappa shape index (κ1) is 18.2. The van der Waals surface area contributed by atoms with Crippen LogP contribution in [0.2, 0.25) is 0 Å². The number of likely N-dealkylation sites (tertiary alicyclic amines) is 1. The molecule has 2 rings (SSSR count). The summed E-state index contributed by atoms with van der Waals surface area (Å²) in [6.07, 6.45) is 7.04. The van der Waals surface area contributed by atoms with Crippen LogP contribution in [0, 0.1) is 11.3 Å². The van der Waals surface area contributed by atoms with Crippen LogP contribution in [0.1, 0.15) is 45.4 Å². The van der Waals surface area contributed by atoms with E-state index in [0.717, 1.165) is 25.7 Å². The molecule has 6 nitrogen and oxygen atoms in total. The Morgan fingerprint density at radius 2 is 2.21 bits per heavy atom. The molecule has 0 radical (unpaired) electrons. The predicted octanol–water partition coefficient (Wildman–Crippen LogP) is 2.50. The maximum absolute atomic E-state index is 12.9. The summed E-state index contributed by atoms with van der Waals surface area (Å²) >= 11 is 0. The molecule has 24 heavy (non-hydrogen) atoms. The SMILES string of the molecule is C=CCN1C(=O)[C@H](CC(=O)O)[C@@]2(C(=O)OCC)CCCCC/C=C/12. The zero-order chi connectivity index (χ0) is 17.7. The largest absolute Gasteiger partial charge is 0.481 e. The number of carboxylic acid groups (broad SMARTS) is 1. The molecule has 1 fully saturated rings. The molecule has 0 saturated carbocycles. The number of amides is 1. The molecular weight excluding hydrogens is 310 g/mol. The summed E-state index contributed by atoms with van der Waals surface area (Å²) in [5.41, 5.74) is -0.577. The zero-order valence-electron chi connectivity index (χ0n) is 14.1. The van der Waals surface area contributed by atoms with E-state index in [-0.39, 0.29) is 25.5 Å². The van der Waals surface area contributed by atoms with Gasteiger partial charge in [-0.3, -0.25) is 14.4 Å². The fourth-order valence-corrected chi connectivity index (χ4v) is 3.86. The van der Waals surface area contributed by atoms with Crippen molar-refractivity contribution >= 4 is 17.8 Å². The van der Waals surface area contributed by atoms with Crippen molar-refractivity contribution in [3.05, 3.63) is 24.4 Å². The van der Waals surface area contributed by atoms with Gasteiger partial charge in [0.1, 0.15) is 5.41 Å². The predicted molar refractivity (Wildman–Crippen MR) is 87.9 cm³/mol. The first-order chi connectivity index (χ1) is 11.5. The molecule has 0 bridgehead atoms. The summed E-state index contributed by atoms with van der Waals surface area (Å²) in [6.45, 7) is 5.85. The highest BCUT2D eigenvalue weighted by Gasteiger charge is 2.61. The number of esters is 1. The number of allylic oxidation sites excluding steroid dienone is 1. The molecule has 0 aromatic heterocycles. The summed E-state index contributed by atoms with van der Waals surface area (Å²) in [5, 5.41) is 9.29. The van der Waals surface area contributed by atoms with Gasteiger partial charge in [-0.2, -0.15) is 0 Å². The number of rotatable bonds is 6. The lowest BCUT2D eigenvalue weighted by Crippen LogP contribution is -2.41. The highest BCUT2D eigenvalue weighted by Crippen LogP contribution is 2.52. The smallest absolute Gasteiger partial charge is 0.318 e. The van der Waals surface area contributed by atoms with E-state index in [1.54, 1.807) is 13.0 Å². The van der Waals surface area contributed by atoms with Gasteiger partial charge in [-0.1, -0.05) is 25.0 Å². The molecule has 1 amide bonds. The van der Waals surface area contributed by atoms with Gasteiger partial charge < -0.3 is 14.7 Å². The Hall–Kier alpha value is -2.11. The summed E-state index contributed by atoms with van der Waals surface area (Å²) in [4.78, 5) is 38.7. The van der Waals surface area contributed by atoms with Gasteiger partial charge in [0.05, 0.1) is 18.9 Å². The second kappa shape index (κ2) is 7.64. The van der Waals surface area contributed by atoms with Gasteiger partial charge in [0, 0.05) is 12.2 Å². The maximum atomic E-state index is 12.9. The van der Waals surface area contributed by atoms with Crippen molar-refractivity contribution in [2.24, 2.45) is 11.3 Å². The van der Waals surface area contributed by atoms with Crippen LogP contribution in [0.5, 0.6) is 0 Å². The molecule has 6 heteroatoms. The monoisotopic (exact) mass is 335 g/mol. The number of ether oxygens (including phenoxy) is 1. The van der Waals surface area contributed by atoms with E-state index in [2.05, 4.69) is 6.58 Å². The lowest BCUT2D eigenvalue weighted by molar-refractivity contribution is -0.159. The van der Waals surface area contributed by atoms with Gasteiger partial charge in [-0.05, 0) is 26.2 Å². The number of carbonyl (C=O) groups excluding carboxylic acids is 2. The van der Waals surface area contributed by atoms with Gasteiger partial charge in [0.2, 0.25) is 5.91 Å². The molecule has 0 spiro atoms. The number of nitrogens with zero attached hydrogens (tertiary/aromatic N) is 1. The third kappa shape index (κ3) is 3.09. The summed E-state index contributed by atoms with van der Waals surface area (Å²) in [5.74, 6) is -2.81. The quantitative estimate of drug-likeness (QED) is 0.595. The van der Waals surface area contributed by atoms with Crippen LogP contribution in [0.15, 0.2) is 24.4 Å². The Balaban J connectivity index is 2.60. The fourth-order valence-electron chi connectivity index (χ4n) is 3.86. The van der Waals surface area contributed by atoms with E-state index in [1.807, 2.05) is 6.08 Å². The van der Waals surface area contributed by atoms with Crippen molar-refractivity contribution in [3.8, 4) is 0 Å². The molecule has 1 heterocycles. The molecule has 0 aromatic carbocycles. The number of hydrogen-bond acceptors (Lipinski definition) is 4. The van der Waals surface area contributed by atoms with Crippen LogP contribution >= 0.6 is 0 Å². The molecule has 2 atom stereocenters. The van der Waals surface area contributed by atoms with Crippen molar-refractivity contribution in [1.82, 2.24) is 4.90 Å². The summed E-state index contributed by atoms with van der Waals surface area (Å²) in [6, 6.07) is 0. The topological polar surface area (TPSA) is 83.9 Å².